The molecule has 0 spiro atoms. The molecule has 8 heteroatoms. The number of carboxylic acid groups (broad SMARTS) is 1. The summed E-state index contributed by atoms with van der Waals surface area (Å²) in [7, 11) is 1.59. The third kappa shape index (κ3) is 5.93. The molecule has 8 nitrogen and oxygen atoms in total. The van der Waals surface area contributed by atoms with Crippen molar-refractivity contribution in [3.63, 3.8) is 0 Å². The third-order valence-electron chi connectivity index (χ3n) is 3.31. The van der Waals surface area contributed by atoms with Crippen LogP contribution in [0.1, 0.15) is 26.7 Å². The Labute approximate surface area is 134 Å². The lowest BCUT2D eigenvalue weighted by atomic mass is 9.98. The van der Waals surface area contributed by atoms with Crippen LogP contribution in [0, 0.1) is 10.1 Å². The van der Waals surface area contributed by atoms with E-state index in [1.165, 1.54) is 11.0 Å². The number of likely N-dealkylation sites (N-methyl/N-ethyl adjacent to an activating group) is 1. The fraction of sp³-hybridized carbons (Fsp3) is 0.467. The van der Waals surface area contributed by atoms with Gasteiger partial charge in [0.25, 0.3) is 5.69 Å². The minimum atomic E-state index is -0.927. The Morgan fingerprint density at radius 1 is 1.35 bits per heavy atom. The van der Waals surface area contributed by atoms with E-state index in [0.717, 1.165) is 0 Å². The van der Waals surface area contributed by atoms with Gasteiger partial charge in [0.2, 0.25) is 5.91 Å². The SMILES string of the molecule is CN(CC(=O)NC(C)(C)CCC(=O)O)c1ccccc1[N+](=O)[O-]. The number of nitro benzene ring substituents is 1. The number of rotatable bonds is 8. The van der Waals surface area contributed by atoms with Crippen LogP contribution in [-0.2, 0) is 9.59 Å². The maximum absolute atomic E-state index is 12.1. The van der Waals surface area contributed by atoms with Crippen LogP contribution in [-0.4, -0.2) is 41.0 Å². The van der Waals surface area contributed by atoms with Crippen LogP contribution < -0.4 is 10.2 Å². The Hall–Kier alpha value is -2.64. The molecule has 2 N–H and O–H groups in total. The molecule has 0 bridgehead atoms. The number of carbonyl (C=O) groups is 2. The molecule has 0 fully saturated rings. The molecule has 0 aliphatic carbocycles. The van der Waals surface area contributed by atoms with Crippen LogP contribution in [0.3, 0.4) is 0 Å². The lowest BCUT2D eigenvalue weighted by molar-refractivity contribution is -0.384. The Morgan fingerprint density at radius 2 is 1.96 bits per heavy atom. The van der Waals surface area contributed by atoms with E-state index in [2.05, 4.69) is 5.32 Å². The van der Waals surface area contributed by atoms with E-state index in [0.29, 0.717) is 12.1 Å². The Bertz CT molecular complexity index is 601. The van der Waals surface area contributed by atoms with E-state index < -0.39 is 16.4 Å². The molecule has 126 valence electrons. The van der Waals surface area contributed by atoms with Gasteiger partial charge in [-0.25, -0.2) is 0 Å². The molecule has 0 heterocycles. The van der Waals surface area contributed by atoms with Gasteiger partial charge in [-0.05, 0) is 26.3 Å². The van der Waals surface area contributed by atoms with Crippen molar-refractivity contribution >= 4 is 23.3 Å². The highest BCUT2D eigenvalue weighted by molar-refractivity contribution is 5.83. The van der Waals surface area contributed by atoms with E-state index in [4.69, 9.17) is 5.11 Å². The maximum Gasteiger partial charge on any atom is 0.303 e. The number of carbonyl (C=O) groups excluding carboxylic acids is 1. The minimum absolute atomic E-state index is 0.0483. The van der Waals surface area contributed by atoms with Gasteiger partial charge in [0.05, 0.1) is 11.5 Å². The van der Waals surface area contributed by atoms with Crippen LogP contribution in [0.15, 0.2) is 24.3 Å². The van der Waals surface area contributed by atoms with Gasteiger partial charge in [-0.2, -0.15) is 0 Å². The Morgan fingerprint density at radius 3 is 2.52 bits per heavy atom. The zero-order chi connectivity index (χ0) is 17.6. The summed E-state index contributed by atoms with van der Waals surface area (Å²) < 4.78 is 0. The van der Waals surface area contributed by atoms with Crippen molar-refractivity contribution in [1.82, 2.24) is 5.32 Å². The summed E-state index contributed by atoms with van der Waals surface area (Å²) in [6, 6.07) is 6.17. The average Bonchev–Trinajstić information content (AvgIpc) is 2.44. The second kappa shape index (κ2) is 7.57. The second-order valence-electron chi connectivity index (χ2n) is 5.93. The van der Waals surface area contributed by atoms with Crippen LogP contribution in [0.4, 0.5) is 11.4 Å². The van der Waals surface area contributed by atoms with Crippen LogP contribution in [0.2, 0.25) is 0 Å². The van der Waals surface area contributed by atoms with Gasteiger partial charge in [0.1, 0.15) is 5.69 Å². The number of nitrogens with zero attached hydrogens (tertiary/aromatic N) is 2. The highest BCUT2D eigenvalue weighted by Gasteiger charge is 2.23. The summed E-state index contributed by atoms with van der Waals surface area (Å²) in [6.07, 6.45) is 0.247. The standard InChI is InChI=1S/C15H21N3O5/c1-15(2,9-8-14(20)21)16-13(19)10-17(3)11-6-4-5-7-12(11)18(22)23/h4-7H,8-10H2,1-3H3,(H,16,19)(H,20,21). The first-order chi connectivity index (χ1) is 10.6. The maximum atomic E-state index is 12.1. The number of anilines is 1. The molecule has 0 saturated carbocycles. The van der Waals surface area contributed by atoms with Crippen molar-refractivity contribution < 1.29 is 19.6 Å². The number of nitrogens with one attached hydrogen (secondary N) is 1. The van der Waals surface area contributed by atoms with Crippen molar-refractivity contribution in [2.45, 2.75) is 32.2 Å². The molecule has 0 unspecified atom stereocenters. The van der Waals surface area contributed by atoms with Gasteiger partial charge >= 0.3 is 5.97 Å². The molecule has 0 saturated heterocycles. The quantitative estimate of drug-likeness (QED) is 0.557. The molecule has 0 aliphatic heterocycles. The van der Waals surface area contributed by atoms with Crippen LogP contribution >= 0.6 is 0 Å². The molecule has 1 amide bonds. The molecule has 0 atom stereocenters. The van der Waals surface area contributed by atoms with Crippen molar-refractivity contribution in [2.75, 3.05) is 18.5 Å². The van der Waals surface area contributed by atoms with Crippen molar-refractivity contribution in [2.24, 2.45) is 0 Å². The number of hydrogen-bond donors (Lipinski definition) is 2. The highest BCUT2D eigenvalue weighted by atomic mass is 16.6. The van der Waals surface area contributed by atoms with Gasteiger partial charge in [0.15, 0.2) is 0 Å². The predicted octanol–water partition coefficient (Wildman–Crippen LogP) is 1.79. The molecular weight excluding hydrogens is 302 g/mol. The summed E-state index contributed by atoms with van der Waals surface area (Å²) in [6.45, 7) is 3.40. The van der Waals surface area contributed by atoms with E-state index in [9.17, 15) is 19.7 Å². The minimum Gasteiger partial charge on any atom is -0.481 e. The number of aliphatic carboxylic acids is 1. The highest BCUT2D eigenvalue weighted by Crippen LogP contribution is 2.26. The van der Waals surface area contributed by atoms with E-state index in [1.807, 2.05) is 0 Å². The number of carboxylic acids is 1. The smallest absolute Gasteiger partial charge is 0.303 e. The van der Waals surface area contributed by atoms with E-state index >= 15 is 0 Å². The van der Waals surface area contributed by atoms with Crippen LogP contribution in [0.25, 0.3) is 0 Å². The lowest BCUT2D eigenvalue weighted by Crippen LogP contribution is -2.47. The number of benzene rings is 1. The van der Waals surface area contributed by atoms with Crippen LogP contribution in [0.5, 0.6) is 0 Å². The summed E-state index contributed by atoms with van der Waals surface area (Å²) in [5.74, 6) is -1.26. The van der Waals surface area contributed by atoms with Gasteiger partial charge in [0, 0.05) is 25.1 Å². The first-order valence-electron chi connectivity index (χ1n) is 7.10. The summed E-state index contributed by atoms with van der Waals surface area (Å²) in [5, 5.41) is 22.5. The summed E-state index contributed by atoms with van der Waals surface area (Å²) in [4.78, 5) is 34.7. The molecule has 1 aromatic rings. The zero-order valence-electron chi connectivity index (χ0n) is 13.4. The summed E-state index contributed by atoms with van der Waals surface area (Å²) >= 11 is 0. The first-order valence-corrected chi connectivity index (χ1v) is 7.10. The molecule has 1 aromatic carbocycles. The Balaban J connectivity index is 2.70. The first kappa shape index (κ1) is 18.4. The number of amides is 1. The lowest BCUT2D eigenvalue weighted by Gasteiger charge is -2.27. The largest absolute Gasteiger partial charge is 0.481 e. The molecule has 0 aromatic heterocycles. The summed E-state index contributed by atoms with van der Waals surface area (Å²) in [5.41, 5.74) is -0.400. The predicted molar refractivity (Wildman–Crippen MR) is 85.5 cm³/mol. The fourth-order valence-electron chi connectivity index (χ4n) is 2.14. The van der Waals surface area contributed by atoms with Crippen molar-refractivity contribution in [3.05, 3.63) is 34.4 Å². The van der Waals surface area contributed by atoms with E-state index in [-0.39, 0.29) is 24.6 Å². The number of nitro groups is 1. The van der Waals surface area contributed by atoms with Crippen molar-refractivity contribution in [3.8, 4) is 0 Å². The zero-order valence-corrected chi connectivity index (χ0v) is 13.4. The average molecular weight is 323 g/mol. The fourth-order valence-corrected chi connectivity index (χ4v) is 2.14. The topological polar surface area (TPSA) is 113 Å². The second-order valence-corrected chi connectivity index (χ2v) is 5.93. The molecule has 0 aliphatic rings. The normalized spacial score (nSPS) is 10.9. The number of para-hydroxylation sites is 2. The van der Waals surface area contributed by atoms with Crippen molar-refractivity contribution in [1.29, 1.82) is 0 Å². The Kier molecular flexibility index (Phi) is 6.06. The monoisotopic (exact) mass is 323 g/mol. The molecule has 0 radical (unpaired) electrons. The molecule has 23 heavy (non-hydrogen) atoms. The van der Waals surface area contributed by atoms with Gasteiger partial charge in [-0.1, -0.05) is 12.1 Å². The number of hydrogen-bond acceptors (Lipinski definition) is 5. The van der Waals surface area contributed by atoms with E-state index in [1.54, 1.807) is 39.1 Å². The van der Waals surface area contributed by atoms with Gasteiger partial charge in [-0.15, -0.1) is 0 Å². The van der Waals surface area contributed by atoms with Gasteiger partial charge < -0.3 is 15.3 Å². The molecule has 1 rings (SSSR count). The molecular formula is C15H21N3O5. The third-order valence-corrected chi connectivity index (χ3v) is 3.31. The van der Waals surface area contributed by atoms with Gasteiger partial charge in [-0.3, -0.25) is 19.7 Å².